The molecule has 0 aliphatic carbocycles. The third-order valence-corrected chi connectivity index (χ3v) is 2.62. The van der Waals surface area contributed by atoms with Crippen molar-refractivity contribution in [2.24, 2.45) is 0 Å². The Morgan fingerprint density at radius 1 is 1.25 bits per heavy atom. The van der Waals surface area contributed by atoms with Crippen molar-refractivity contribution in [1.82, 2.24) is 0 Å². The molecule has 0 aromatic carbocycles. The zero-order valence-electron chi connectivity index (χ0n) is 8.23. The minimum atomic E-state index is 1.08. The van der Waals surface area contributed by atoms with Crippen molar-refractivity contribution in [3.05, 3.63) is 5.75 Å². The molecule has 69 valence electrons. The smallest absolute Gasteiger partial charge is 0.0163 e. The van der Waals surface area contributed by atoms with Crippen LogP contribution in [0.1, 0.15) is 46.0 Å². The van der Waals surface area contributed by atoms with Gasteiger partial charge in [0.05, 0.1) is 0 Å². The molecule has 0 bridgehead atoms. The van der Waals surface area contributed by atoms with Gasteiger partial charge in [0.25, 0.3) is 0 Å². The van der Waals surface area contributed by atoms with Crippen molar-refractivity contribution >= 4 is 11.8 Å². The molecule has 12 heavy (non-hydrogen) atoms. The van der Waals surface area contributed by atoms with Crippen LogP contribution in [0.4, 0.5) is 0 Å². The first-order valence-corrected chi connectivity index (χ1v) is 5.79. The highest BCUT2D eigenvalue weighted by Gasteiger charge is 1.88. The molecule has 1 heteroatoms. The lowest BCUT2D eigenvalue weighted by Crippen LogP contribution is -1.80. The fourth-order valence-electron chi connectivity index (χ4n) is 0.902. The Bertz CT molecular complexity index is 130. The lowest BCUT2D eigenvalue weighted by Gasteiger charge is -1.97. The number of thioether (sulfide) groups is 1. The number of rotatable bonds is 7. The summed E-state index contributed by atoms with van der Waals surface area (Å²) in [5.74, 6) is 9.57. The number of hydrogen-bond acceptors (Lipinski definition) is 1. The van der Waals surface area contributed by atoms with Crippen molar-refractivity contribution in [2.45, 2.75) is 46.0 Å². The monoisotopic (exact) mass is 183 g/mol. The van der Waals surface area contributed by atoms with Gasteiger partial charge in [-0.2, -0.15) is 11.8 Å². The number of hydrogen-bond donors (Lipinski definition) is 0. The summed E-state index contributed by atoms with van der Waals surface area (Å²) in [5, 5.41) is 0. The van der Waals surface area contributed by atoms with Crippen LogP contribution >= 0.6 is 11.8 Å². The second-order valence-corrected chi connectivity index (χ2v) is 3.76. The molecule has 0 rings (SSSR count). The Balaban J connectivity index is 2.84. The first-order valence-electron chi connectivity index (χ1n) is 4.74. The van der Waals surface area contributed by atoms with Gasteiger partial charge < -0.3 is 0 Å². The molecular weight excluding hydrogens is 164 g/mol. The molecule has 0 aromatic heterocycles. The van der Waals surface area contributed by atoms with Gasteiger partial charge in [-0.1, -0.05) is 13.3 Å². The molecule has 0 nitrogen and oxygen atoms in total. The Hall–Kier alpha value is -0.0900. The maximum atomic E-state index is 3.09. The van der Waals surface area contributed by atoms with Crippen LogP contribution in [0, 0.1) is 17.6 Å². The molecule has 0 N–H and O–H groups in total. The second-order valence-electron chi connectivity index (χ2n) is 2.68. The molecule has 0 aliphatic rings. The highest BCUT2D eigenvalue weighted by atomic mass is 32.2. The first-order chi connectivity index (χ1) is 5.91. The predicted molar refractivity (Wildman–Crippen MR) is 59.0 cm³/mol. The average molecular weight is 183 g/mol. The normalized spacial score (nSPS) is 9.17. The molecule has 0 saturated carbocycles. The highest BCUT2D eigenvalue weighted by Crippen LogP contribution is 2.11. The third-order valence-electron chi connectivity index (χ3n) is 1.53. The summed E-state index contributed by atoms with van der Waals surface area (Å²) in [7, 11) is 0. The van der Waals surface area contributed by atoms with E-state index in [1.807, 2.05) is 18.7 Å². The molecule has 0 saturated heterocycles. The zero-order chi connectivity index (χ0) is 9.07. The van der Waals surface area contributed by atoms with E-state index in [2.05, 4.69) is 24.5 Å². The quantitative estimate of drug-likeness (QED) is 0.426. The fourth-order valence-corrected chi connectivity index (χ4v) is 1.67. The predicted octanol–water partition coefficient (Wildman–Crippen LogP) is 3.88. The van der Waals surface area contributed by atoms with Gasteiger partial charge in [0.1, 0.15) is 0 Å². The molecule has 0 heterocycles. The Morgan fingerprint density at radius 2 is 2.08 bits per heavy atom. The SMILES string of the molecule is CC#CCCCCCS[CH]CC. The van der Waals surface area contributed by atoms with Gasteiger partial charge in [-0.25, -0.2) is 0 Å². The van der Waals surface area contributed by atoms with E-state index in [0.717, 1.165) is 6.42 Å². The van der Waals surface area contributed by atoms with Gasteiger partial charge in [-0.15, -0.1) is 11.8 Å². The van der Waals surface area contributed by atoms with Crippen LogP contribution < -0.4 is 0 Å². The topological polar surface area (TPSA) is 0 Å². The minimum absolute atomic E-state index is 1.08. The van der Waals surface area contributed by atoms with E-state index in [9.17, 15) is 0 Å². The fraction of sp³-hybridized carbons (Fsp3) is 0.727. The Morgan fingerprint density at radius 3 is 2.75 bits per heavy atom. The van der Waals surface area contributed by atoms with Crippen molar-refractivity contribution < 1.29 is 0 Å². The van der Waals surface area contributed by atoms with E-state index in [4.69, 9.17) is 0 Å². The van der Waals surface area contributed by atoms with E-state index >= 15 is 0 Å². The van der Waals surface area contributed by atoms with Gasteiger partial charge >= 0.3 is 0 Å². The standard InChI is InChI=1S/C11H19S/c1-3-5-6-7-8-9-11-12-10-4-2/h10H,4,6-9,11H2,1-2H3. The van der Waals surface area contributed by atoms with Crippen molar-refractivity contribution in [2.75, 3.05) is 5.75 Å². The second kappa shape index (κ2) is 10.9. The van der Waals surface area contributed by atoms with Gasteiger partial charge in [-0.3, -0.25) is 0 Å². The minimum Gasteiger partial charge on any atom is -0.157 e. The van der Waals surface area contributed by atoms with E-state index in [1.54, 1.807) is 0 Å². The van der Waals surface area contributed by atoms with Crippen molar-refractivity contribution in [1.29, 1.82) is 0 Å². The average Bonchev–Trinajstić information content (AvgIpc) is 2.10. The maximum absolute atomic E-state index is 3.09. The van der Waals surface area contributed by atoms with Crippen LogP contribution in [0.5, 0.6) is 0 Å². The molecule has 0 unspecified atom stereocenters. The third kappa shape index (κ3) is 9.91. The van der Waals surface area contributed by atoms with Crippen LogP contribution in [0.3, 0.4) is 0 Å². The van der Waals surface area contributed by atoms with Crippen LogP contribution in [0.2, 0.25) is 0 Å². The zero-order valence-corrected chi connectivity index (χ0v) is 9.04. The van der Waals surface area contributed by atoms with E-state index in [1.165, 1.54) is 31.4 Å². The lowest BCUT2D eigenvalue weighted by atomic mass is 10.2. The molecule has 1 radical (unpaired) electrons. The van der Waals surface area contributed by atoms with Crippen molar-refractivity contribution in [3.63, 3.8) is 0 Å². The molecular formula is C11H19S. The largest absolute Gasteiger partial charge is 0.157 e. The molecule has 0 fully saturated rings. The summed E-state index contributed by atoms with van der Waals surface area (Å²) in [6.07, 6.45) is 6.21. The van der Waals surface area contributed by atoms with Crippen LogP contribution in [-0.2, 0) is 0 Å². The molecule has 0 aromatic rings. The molecule has 0 amide bonds. The van der Waals surface area contributed by atoms with Crippen LogP contribution in [-0.4, -0.2) is 5.75 Å². The first kappa shape index (κ1) is 11.9. The summed E-state index contributed by atoms with van der Waals surface area (Å²) in [5.41, 5.74) is 0. The van der Waals surface area contributed by atoms with Crippen LogP contribution in [0.15, 0.2) is 0 Å². The molecule has 0 atom stereocenters. The lowest BCUT2D eigenvalue weighted by molar-refractivity contribution is 0.743. The molecule has 0 aliphatic heterocycles. The highest BCUT2D eigenvalue weighted by molar-refractivity contribution is 8.01. The van der Waals surface area contributed by atoms with Gasteiger partial charge in [0.15, 0.2) is 0 Å². The Labute approximate surface area is 81.5 Å². The van der Waals surface area contributed by atoms with Gasteiger partial charge in [0.2, 0.25) is 0 Å². The summed E-state index contributed by atoms with van der Waals surface area (Å²) >= 11 is 1.96. The van der Waals surface area contributed by atoms with Gasteiger partial charge in [-0.05, 0) is 31.9 Å². The maximum Gasteiger partial charge on any atom is 0.0163 e. The Kier molecular flexibility index (Phi) is 10.8. The van der Waals surface area contributed by atoms with E-state index in [-0.39, 0.29) is 0 Å². The van der Waals surface area contributed by atoms with E-state index < -0.39 is 0 Å². The summed E-state index contributed by atoms with van der Waals surface area (Å²) < 4.78 is 0. The van der Waals surface area contributed by atoms with Crippen LogP contribution in [0.25, 0.3) is 0 Å². The summed E-state index contributed by atoms with van der Waals surface area (Å²) in [6, 6.07) is 0. The molecule has 0 spiro atoms. The summed E-state index contributed by atoms with van der Waals surface area (Å²) in [4.78, 5) is 0. The summed E-state index contributed by atoms with van der Waals surface area (Å²) in [6.45, 7) is 4.09. The van der Waals surface area contributed by atoms with Gasteiger partial charge in [0, 0.05) is 12.2 Å². The van der Waals surface area contributed by atoms with Crippen molar-refractivity contribution in [3.8, 4) is 11.8 Å². The number of unbranched alkanes of at least 4 members (excludes halogenated alkanes) is 3. The van der Waals surface area contributed by atoms with E-state index in [0.29, 0.717) is 0 Å².